The van der Waals surface area contributed by atoms with Gasteiger partial charge < -0.3 is 4.90 Å². The largest absolute Gasteiger partial charge is 0.303 e. The Hall–Kier alpha value is -2.10. The van der Waals surface area contributed by atoms with E-state index in [0.29, 0.717) is 0 Å². The number of benzene rings is 1. The standard InChI is InChI=1S/C11H11N3O/c1-2-8-3-5-9(6-4-8)14-7-10(15)13-11(14)12/h2-6H,1,7H2,(H2,12,13,15). The molecule has 4 nitrogen and oxygen atoms in total. The molecule has 1 heterocycles. The van der Waals surface area contributed by atoms with E-state index in [0.717, 1.165) is 11.3 Å². The Morgan fingerprint density at radius 3 is 2.53 bits per heavy atom. The molecule has 0 bridgehead atoms. The third-order valence-corrected chi connectivity index (χ3v) is 2.27. The predicted molar refractivity (Wildman–Crippen MR) is 59.7 cm³/mol. The summed E-state index contributed by atoms with van der Waals surface area (Å²) in [6.07, 6.45) is 1.75. The molecule has 76 valence electrons. The molecule has 1 aliphatic heterocycles. The summed E-state index contributed by atoms with van der Waals surface area (Å²) < 4.78 is 0. The Balaban J connectivity index is 2.26. The van der Waals surface area contributed by atoms with E-state index in [1.807, 2.05) is 24.3 Å². The number of hydrogen-bond donors (Lipinski definition) is 2. The van der Waals surface area contributed by atoms with Gasteiger partial charge >= 0.3 is 0 Å². The molecule has 1 saturated heterocycles. The number of carbonyl (C=O) groups excluding carboxylic acids is 1. The van der Waals surface area contributed by atoms with Crippen molar-refractivity contribution >= 4 is 23.6 Å². The van der Waals surface area contributed by atoms with Crippen molar-refractivity contribution in [3.63, 3.8) is 0 Å². The van der Waals surface area contributed by atoms with Crippen molar-refractivity contribution < 1.29 is 4.79 Å². The van der Waals surface area contributed by atoms with Crippen LogP contribution in [0.4, 0.5) is 5.69 Å². The van der Waals surface area contributed by atoms with Gasteiger partial charge in [-0.2, -0.15) is 0 Å². The summed E-state index contributed by atoms with van der Waals surface area (Å²) in [4.78, 5) is 12.7. The summed E-state index contributed by atoms with van der Waals surface area (Å²) in [5, 5.41) is 9.99. The van der Waals surface area contributed by atoms with Crippen LogP contribution in [0.5, 0.6) is 0 Å². The van der Waals surface area contributed by atoms with Crippen molar-refractivity contribution in [3.05, 3.63) is 36.4 Å². The summed E-state index contributed by atoms with van der Waals surface area (Å²) in [6, 6.07) is 7.54. The molecule has 15 heavy (non-hydrogen) atoms. The van der Waals surface area contributed by atoms with Gasteiger partial charge in [0.15, 0.2) is 0 Å². The Bertz CT molecular complexity index is 422. The zero-order chi connectivity index (χ0) is 10.8. The molecule has 1 aromatic rings. The molecule has 1 aromatic carbocycles. The van der Waals surface area contributed by atoms with Crippen LogP contribution in [0.3, 0.4) is 0 Å². The van der Waals surface area contributed by atoms with Crippen molar-refractivity contribution in [1.82, 2.24) is 5.32 Å². The monoisotopic (exact) mass is 201 g/mol. The minimum atomic E-state index is -0.146. The summed E-state index contributed by atoms with van der Waals surface area (Å²) in [7, 11) is 0. The zero-order valence-electron chi connectivity index (χ0n) is 8.16. The molecule has 4 heteroatoms. The van der Waals surface area contributed by atoms with Crippen molar-refractivity contribution in [2.24, 2.45) is 0 Å². The molecule has 1 aliphatic rings. The van der Waals surface area contributed by atoms with E-state index in [-0.39, 0.29) is 18.4 Å². The van der Waals surface area contributed by atoms with Gasteiger partial charge in [0.1, 0.15) is 6.54 Å². The maximum absolute atomic E-state index is 11.1. The third kappa shape index (κ3) is 1.74. The second-order valence-corrected chi connectivity index (χ2v) is 3.28. The molecule has 1 fully saturated rings. The highest BCUT2D eigenvalue weighted by Crippen LogP contribution is 2.17. The van der Waals surface area contributed by atoms with E-state index in [2.05, 4.69) is 11.9 Å². The first-order valence-corrected chi connectivity index (χ1v) is 4.59. The van der Waals surface area contributed by atoms with Crippen LogP contribution >= 0.6 is 0 Å². The Morgan fingerprint density at radius 2 is 2.07 bits per heavy atom. The first-order chi connectivity index (χ1) is 7.20. The molecular formula is C11H11N3O. The molecule has 2 rings (SSSR count). The first kappa shape index (κ1) is 9.45. The molecule has 0 aliphatic carbocycles. The van der Waals surface area contributed by atoms with Gasteiger partial charge in [0.05, 0.1) is 0 Å². The van der Waals surface area contributed by atoms with Gasteiger partial charge in [0.2, 0.25) is 11.9 Å². The Labute approximate surface area is 87.7 Å². The summed E-state index contributed by atoms with van der Waals surface area (Å²) in [5.74, 6) is -0.0147. The minimum absolute atomic E-state index is 0.131. The molecule has 0 radical (unpaired) electrons. The van der Waals surface area contributed by atoms with Gasteiger partial charge in [-0.05, 0) is 17.7 Å². The van der Waals surface area contributed by atoms with Crippen LogP contribution in [0.25, 0.3) is 6.08 Å². The van der Waals surface area contributed by atoms with Crippen LogP contribution in [0.2, 0.25) is 0 Å². The van der Waals surface area contributed by atoms with Crippen molar-refractivity contribution in [3.8, 4) is 0 Å². The van der Waals surface area contributed by atoms with E-state index in [1.54, 1.807) is 11.0 Å². The Kier molecular flexibility index (Phi) is 2.25. The lowest BCUT2D eigenvalue weighted by Crippen LogP contribution is -2.28. The summed E-state index contributed by atoms with van der Waals surface area (Å²) >= 11 is 0. The molecule has 0 atom stereocenters. The number of nitrogens with zero attached hydrogens (tertiary/aromatic N) is 1. The Morgan fingerprint density at radius 1 is 1.40 bits per heavy atom. The van der Waals surface area contributed by atoms with E-state index in [4.69, 9.17) is 5.41 Å². The third-order valence-electron chi connectivity index (χ3n) is 2.27. The number of hydrogen-bond acceptors (Lipinski definition) is 2. The summed E-state index contributed by atoms with van der Waals surface area (Å²) in [5.41, 5.74) is 1.85. The van der Waals surface area contributed by atoms with Crippen LogP contribution in [0.15, 0.2) is 30.8 Å². The molecule has 0 aromatic heterocycles. The zero-order valence-corrected chi connectivity index (χ0v) is 8.16. The topological polar surface area (TPSA) is 56.2 Å². The van der Waals surface area contributed by atoms with Crippen molar-refractivity contribution in [2.45, 2.75) is 0 Å². The van der Waals surface area contributed by atoms with E-state index in [9.17, 15) is 4.79 Å². The second-order valence-electron chi connectivity index (χ2n) is 3.28. The van der Waals surface area contributed by atoms with Crippen LogP contribution in [0.1, 0.15) is 5.56 Å². The average Bonchev–Trinajstić information content (AvgIpc) is 2.58. The highest BCUT2D eigenvalue weighted by Gasteiger charge is 2.24. The van der Waals surface area contributed by atoms with Gasteiger partial charge in [-0.1, -0.05) is 24.8 Å². The van der Waals surface area contributed by atoms with E-state index < -0.39 is 0 Å². The van der Waals surface area contributed by atoms with E-state index >= 15 is 0 Å². The molecule has 0 saturated carbocycles. The number of guanidine groups is 1. The maximum atomic E-state index is 11.1. The molecule has 1 amide bonds. The summed E-state index contributed by atoms with van der Waals surface area (Å²) in [6.45, 7) is 3.88. The number of nitrogens with one attached hydrogen (secondary N) is 2. The van der Waals surface area contributed by atoms with E-state index in [1.165, 1.54) is 0 Å². The van der Waals surface area contributed by atoms with Gasteiger partial charge in [-0.15, -0.1) is 0 Å². The SMILES string of the molecule is C=Cc1ccc(N2CC(=O)NC2=N)cc1. The van der Waals surface area contributed by atoms with Gasteiger partial charge in [-0.3, -0.25) is 15.5 Å². The number of amides is 1. The quantitative estimate of drug-likeness (QED) is 0.755. The molecule has 0 spiro atoms. The molecule has 0 unspecified atom stereocenters. The van der Waals surface area contributed by atoms with Crippen LogP contribution in [-0.2, 0) is 4.79 Å². The number of rotatable bonds is 2. The first-order valence-electron chi connectivity index (χ1n) is 4.59. The lowest BCUT2D eigenvalue weighted by Gasteiger charge is -2.15. The normalized spacial score (nSPS) is 15.3. The maximum Gasteiger partial charge on any atom is 0.246 e. The molecule has 2 N–H and O–H groups in total. The predicted octanol–water partition coefficient (Wildman–Crippen LogP) is 1.20. The fourth-order valence-corrected chi connectivity index (χ4v) is 1.47. The van der Waals surface area contributed by atoms with Crippen molar-refractivity contribution in [2.75, 3.05) is 11.4 Å². The van der Waals surface area contributed by atoms with Gasteiger partial charge in [0.25, 0.3) is 0 Å². The highest BCUT2D eigenvalue weighted by molar-refractivity contribution is 6.13. The van der Waals surface area contributed by atoms with Crippen molar-refractivity contribution in [1.29, 1.82) is 5.41 Å². The fraction of sp³-hybridized carbons (Fsp3) is 0.0909. The second kappa shape index (κ2) is 3.57. The smallest absolute Gasteiger partial charge is 0.246 e. The lowest BCUT2D eigenvalue weighted by molar-refractivity contribution is -0.117. The minimum Gasteiger partial charge on any atom is -0.303 e. The van der Waals surface area contributed by atoms with Gasteiger partial charge in [-0.25, -0.2) is 0 Å². The highest BCUT2D eigenvalue weighted by atomic mass is 16.2. The van der Waals surface area contributed by atoms with Crippen LogP contribution < -0.4 is 10.2 Å². The van der Waals surface area contributed by atoms with Crippen LogP contribution in [-0.4, -0.2) is 18.4 Å². The number of carbonyl (C=O) groups is 1. The fourth-order valence-electron chi connectivity index (χ4n) is 1.47. The van der Waals surface area contributed by atoms with Crippen LogP contribution in [0, 0.1) is 5.41 Å². The number of anilines is 1. The molecular weight excluding hydrogens is 190 g/mol. The average molecular weight is 201 g/mol. The van der Waals surface area contributed by atoms with Gasteiger partial charge in [0, 0.05) is 5.69 Å². The lowest BCUT2D eigenvalue weighted by atomic mass is 10.2.